The number of amides is 2. The number of likely N-dealkylation sites (tertiary alicyclic amines) is 1. The number of carbonyl (C=O) groups excluding carboxylic acids is 2. The lowest BCUT2D eigenvalue weighted by atomic mass is 10.1. The number of anilines is 2. The van der Waals surface area contributed by atoms with Crippen LogP contribution in [0.15, 0.2) is 24.3 Å². The van der Waals surface area contributed by atoms with Gasteiger partial charge in [0.15, 0.2) is 0 Å². The molecule has 2 aliphatic rings. The van der Waals surface area contributed by atoms with Crippen LogP contribution in [0.25, 0.3) is 0 Å². The minimum atomic E-state index is -0.177. The van der Waals surface area contributed by atoms with Crippen LogP contribution in [0.2, 0.25) is 0 Å². The Morgan fingerprint density at radius 3 is 2.67 bits per heavy atom. The number of benzene rings is 1. The molecule has 0 bridgehead atoms. The van der Waals surface area contributed by atoms with Crippen LogP contribution < -0.4 is 10.2 Å². The molecule has 1 aromatic carbocycles. The van der Waals surface area contributed by atoms with Crippen molar-refractivity contribution in [1.29, 1.82) is 0 Å². The smallest absolute Gasteiger partial charge is 0.244 e. The zero-order chi connectivity index (χ0) is 14.8. The van der Waals surface area contributed by atoms with Crippen molar-refractivity contribution in [3.8, 4) is 0 Å². The van der Waals surface area contributed by atoms with E-state index in [2.05, 4.69) is 10.2 Å². The van der Waals surface area contributed by atoms with Crippen LogP contribution in [0.5, 0.6) is 0 Å². The van der Waals surface area contributed by atoms with Crippen molar-refractivity contribution in [1.82, 2.24) is 4.90 Å². The Kier molecular flexibility index (Phi) is 3.92. The summed E-state index contributed by atoms with van der Waals surface area (Å²) in [5.41, 5.74) is 1.51. The summed E-state index contributed by atoms with van der Waals surface area (Å²) in [5, 5.41) is 2.82. The van der Waals surface area contributed by atoms with Gasteiger partial charge >= 0.3 is 0 Å². The van der Waals surface area contributed by atoms with E-state index in [4.69, 9.17) is 0 Å². The molecule has 21 heavy (non-hydrogen) atoms. The first-order chi connectivity index (χ1) is 10.2. The van der Waals surface area contributed by atoms with Gasteiger partial charge < -0.3 is 5.32 Å². The second-order valence-corrected chi connectivity index (χ2v) is 5.76. The number of hydrogen-bond donors (Lipinski definition) is 1. The van der Waals surface area contributed by atoms with Gasteiger partial charge in [0, 0.05) is 0 Å². The summed E-state index contributed by atoms with van der Waals surface area (Å²) in [5.74, 6) is -0.118. The third-order valence-corrected chi connectivity index (χ3v) is 4.33. The maximum Gasteiger partial charge on any atom is 0.244 e. The molecule has 2 amide bonds. The molecule has 0 radical (unpaired) electrons. The number of nitrogens with zero attached hydrogens (tertiary/aromatic N) is 2. The highest BCUT2D eigenvalue weighted by molar-refractivity contribution is 6.11. The van der Waals surface area contributed by atoms with Crippen molar-refractivity contribution in [3.05, 3.63) is 24.3 Å². The normalized spacial score (nSPS) is 20.6. The van der Waals surface area contributed by atoms with Crippen molar-refractivity contribution in [2.75, 3.05) is 29.9 Å². The van der Waals surface area contributed by atoms with Crippen LogP contribution in [0.1, 0.15) is 26.2 Å². The molecule has 2 aliphatic heterocycles. The molecule has 0 aliphatic carbocycles. The minimum Gasteiger partial charge on any atom is -0.323 e. The lowest BCUT2D eigenvalue weighted by molar-refractivity contribution is -0.125. The average molecular weight is 287 g/mol. The summed E-state index contributed by atoms with van der Waals surface area (Å²) in [6.07, 6.45) is 3.54. The molecule has 5 heteroatoms. The Balaban J connectivity index is 1.82. The molecule has 0 unspecified atom stereocenters. The Labute approximate surface area is 124 Å². The van der Waals surface area contributed by atoms with Crippen LogP contribution in [-0.2, 0) is 9.59 Å². The number of hydrogen-bond acceptors (Lipinski definition) is 3. The Morgan fingerprint density at radius 2 is 1.90 bits per heavy atom. The maximum atomic E-state index is 12.8. The van der Waals surface area contributed by atoms with Gasteiger partial charge in [0.2, 0.25) is 11.8 Å². The van der Waals surface area contributed by atoms with Crippen molar-refractivity contribution in [3.63, 3.8) is 0 Å². The van der Waals surface area contributed by atoms with Crippen molar-refractivity contribution >= 4 is 23.2 Å². The standard InChI is InChI=1S/C16H21N3O2/c1-12(18-9-5-2-6-10-18)16(21)19-11-15(20)17-13-7-3-4-8-14(13)19/h3-4,7-8,12H,2,5-6,9-11H2,1H3,(H,17,20)/t12-/m0/s1. The summed E-state index contributed by atoms with van der Waals surface area (Å²) >= 11 is 0. The molecular weight excluding hydrogens is 266 g/mol. The highest BCUT2D eigenvalue weighted by Crippen LogP contribution is 2.30. The number of nitrogens with one attached hydrogen (secondary N) is 1. The molecule has 2 heterocycles. The van der Waals surface area contributed by atoms with E-state index in [0.717, 1.165) is 31.6 Å². The number of carbonyl (C=O) groups is 2. The fourth-order valence-electron chi connectivity index (χ4n) is 3.12. The molecule has 112 valence electrons. The molecule has 0 saturated carbocycles. The first-order valence-electron chi connectivity index (χ1n) is 7.61. The van der Waals surface area contributed by atoms with Crippen LogP contribution in [0.4, 0.5) is 11.4 Å². The van der Waals surface area contributed by atoms with Gasteiger partial charge in [-0.2, -0.15) is 0 Å². The lowest BCUT2D eigenvalue weighted by Crippen LogP contribution is -2.52. The van der Waals surface area contributed by atoms with E-state index in [0.29, 0.717) is 5.69 Å². The largest absolute Gasteiger partial charge is 0.323 e. The second kappa shape index (κ2) is 5.85. The van der Waals surface area contributed by atoms with Gasteiger partial charge in [0.05, 0.1) is 17.4 Å². The molecule has 1 atom stereocenters. The highest BCUT2D eigenvalue weighted by Gasteiger charge is 2.32. The number of piperidine rings is 1. The van der Waals surface area contributed by atoms with E-state index in [1.807, 2.05) is 31.2 Å². The molecule has 0 spiro atoms. The first-order valence-corrected chi connectivity index (χ1v) is 7.61. The lowest BCUT2D eigenvalue weighted by Gasteiger charge is -2.36. The van der Waals surface area contributed by atoms with Gasteiger partial charge in [-0.25, -0.2) is 0 Å². The van der Waals surface area contributed by atoms with Crippen LogP contribution >= 0.6 is 0 Å². The van der Waals surface area contributed by atoms with E-state index < -0.39 is 0 Å². The summed E-state index contributed by atoms with van der Waals surface area (Å²) in [7, 11) is 0. The molecule has 1 N–H and O–H groups in total. The number of rotatable bonds is 2. The summed E-state index contributed by atoms with van der Waals surface area (Å²) in [6, 6.07) is 7.29. The van der Waals surface area contributed by atoms with Gasteiger partial charge in [0.25, 0.3) is 0 Å². The second-order valence-electron chi connectivity index (χ2n) is 5.76. The Morgan fingerprint density at radius 1 is 1.19 bits per heavy atom. The van der Waals surface area contributed by atoms with E-state index in [1.54, 1.807) is 4.90 Å². The fourth-order valence-corrected chi connectivity index (χ4v) is 3.12. The van der Waals surface area contributed by atoms with E-state index >= 15 is 0 Å². The van der Waals surface area contributed by atoms with E-state index in [9.17, 15) is 9.59 Å². The Bertz CT molecular complexity index is 552. The van der Waals surface area contributed by atoms with Gasteiger partial charge in [-0.15, -0.1) is 0 Å². The zero-order valence-corrected chi connectivity index (χ0v) is 12.3. The topological polar surface area (TPSA) is 52.7 Å². The van der Waals surface area contributed by atoms with Crippen molar-refractivity contribution < 1.29 is 9.59 Å². The summed E-state index contributed by atoms with van der Waals surface area (Å²) < 4.78 is 0. The SMILES string of the molecule is C[C@@H](C(=O)N1CC(=O)Nc2ccccc21)N1CCCCC1. The third-order valence-electron chi connectivity index (χ3n) is 4.33. The molecule has 1 fully saturated rings. The number of fused-ring (bicyclic) bond motifs is 1. The van der Waals surface area contributed by atoms with Gasteiger partial charge in [-0.1, -0.05) is 18.6 Å². The van der Waals surface area contributed by atoms with Crippen molar-refractivity contribution in [2.24, 2.45) is 0 Å². The monoisotopic (exact) mass is 287 g/mol. The van der Waals surface area contributed by atoms with Crippen LogP contribution in [-0.4, -0.2) is 42.4 Å². The average Bonchev–Trinajstić information content (AvgIpc) is 2.53. The van der Waals surface area contributed by atoms with E-state index in [-0.39, 0.29) is 24.4 Å². The molecular formula is C16H21N3O2. The quantitative estimate of drug-likeness (QED) is 0.903. The van der Waals surface area contributed by atoms with Gasteiger partial charge in [-0.3, -0.25) is 19.4 Å². The predicted molar refractivity (Wildman–Crippen MR) is 82.3 cm³/mol. The van der Waals surface area contributed by atoms with Crippen LogP contribution in [0, 0.1) is 0 Å². The molecule has 0 aromatic heterocycles. The molecule has 3 rings (SSSR count). The Hall–Kier alpha value is -1.88. The van der Waals surface area contributed by atoms with Gasteiger partial charge in [-0.05, 0) is 45.0 Å². The van der Waals surface area contributed by atoms with E-state index in [1.165, 1.54) is 6.42 Å². The predicted octanol–water partition coefficient (Wildman–Crippen LogP) is 1.85. The number of para-hydroxylation sites is 2. The third kappa shape index (κ3) is 2.78. The maximum absolute atomic E-state index is 12.8. The van der Waals surface area contributed by atoms with Crippen LogP contribution in [0.3, 0.4) is 0 Å². The first kappa shape index (κ1) is 14.1. The minimum absolute atomic E-state index is 0.0131. The summed E-state index contributed by atoms with van der Waals surface area (Å²) in [4.78, 5) is 28.5. The molecule has 1 saturated heterocycles. The highest BCUT2D eigenvalue weighted by atomic mass is 16.2. The fraction of sp³-hybridized carbons (Fsp3) is 0.500. The molecule has 5 nitrogen and oxygen atoms in total. The zero-order valence-electron chi connectivity index (χ0n) is 12.3. The summed E-state index contributed by atoms with van der Waals surface area (Å²) in [6.45, 7) is 3.99. The van der Waals surface area contributed by atoms with Crippen molar-refractivity contribution in [2.45, 2.75) is 32.2 Å². The molecule has 1 aromatic rings. The van der Waals surface area contributed by atoms with Gasteiger partial charge in [0.1, 0.15) is 6.54 Å².